The van der Waals surface area contributed by atoms with Gasteiger partial charge >= 0.3 is 0 Å². The quantitative estimate of drug-likeness (QED) is 0.650. The Labute approximate surface area is 178 Å². The molecule has 0 spiro atoms. The van der Waals surface area contributed by atoms with Crippen LogP contribution in [0.25, 0.3) is 0 Å². The smallest absolute Gasteiger partial charge is 0.161 e. The van der Waals surface area contributed by atoms with E-state index in [0.29, 0.717) is 21.5 Å². The highest BCUT2D eigenvalue weighted by Crippen LogP contribution is 2.41. The van der Waals surface area contributed by atoms with Gasteiger partial charge in [-0.25, -0.2) is 0 Å². The van der Waals surface area contributed by atoms with Crippen LogP contribution < -0.4 is 14.8 Å². The van der Waals surface area contributed by atoms with E-state index >= 15 is 0 Å². The fourth-order valence-corrected chi connectivity index (χ4v) is 4.32. The van der Waals surface area contributed by atoms with Crippen LogP contribution in [0, 0.1) is 0 Å². The molecule has 0 aliphatic carbocycles. The van der Waals surface area contributed by atoms with E-state index in [1.54, 1.807) is 14.2 Å². The molecule has 2 aromatic rings. The van der Waals surface area contributed by atoms with Crippen LogP contribution in [0.1, 0.15) is 23.6 Å². The summed E-state index contributed by atoms with van der Waals surface area (Å²) in [6.45, 7) is 3.89. The molecule has 1 aliphatic rings. The fourth-order valence-electron chi connectivity index (χ4n) is 3.47. The number of halogens is 3. The van der Waals surface area contributed by atoms with E-state index in [0.717, 1.165) is 48.2 Å². The number of methoxy groups -OCH3 is 2. The van der Waals surface area contributed by atoms with E-state index in [1.807, 2.05) is 30.3 Å². The molecule has 1 N–H and O–H groups in total. The molecule has 146 valence electrons. The monoisotopic (exact) mass is 472 g/mol. The maximum absolute atomic E-state index is 6.34. The third-order valence-electron chi connectivity index (χ3n) is 4.80. The highest BCUT2D eigenvalue weighted by Gasteiger charge is 2.27. The van der Waals surface area contributed by atoms with Crippen molar-refractivity contribution in [1.29, 1.82) is 0 Å². The fraction of sp³-hybridized carbons (Fsp3) is 0.400. The summed E-state index contributed by atoms with van der Waals surface area (Å²) in [7, 11) is 3.29. The van der Waals surface area contributed by atoms with Crippen molar-refractivity contribution in [2.75, 3.05) is 40.4 Å². The van der Waals surface area contributed by atoms with Gasteiger partial charge in [-0.05, 0) is 48.4 Å². The first-order chi connectivity index (χ1) is 13.0. The van der Waals surface area contributed by atoms with Crippen LogP contribution in [0.2, 0.25) is 10.0 Å². The Morgan fingerprint density at radius 3 is 2.44 bits per heavy atom. The maximum Gasteiger partial charge on any atom is 0.161 e. The molecule has 1 aliphatic heterocycles. The maximum atomic E-state index is 6.34. The van der Waals surface area contributed by atoms with E-state index < -0.39 is 0 Å². The van der Waals surface area contributed by atoms with Crippen LogP contribution in [-0.4, -0.2) is 45.3 Å². The molecule has 1 unspecified atom stereocenters. The molecule has 1 heterocycles. The zero-order valence-electron chi connectivity index (χ0n) is 15.4. The van der Waals surface area contributed by atoms with Gasteiger partial charge in [-0.2, -0.15) is 0 Å². The van der Waals surface area contributed by atoms with Crippen LogP contribution in [-0.2, 0) is 0 Å². The summed E-state index contributed by atoms with van der Waals surface area (Å²) in [6.07, 6.45) is 1.09. The Kier molecular flexibility index (Phi) is 7.29. The first-order valence-electron chi connectivity index (χ1n) is 8.86. The van der Waals surface area contributed by atoms with Crippen LogP contribution in [0.5, 0.6) is 11.5 Å². The largest absolute Gasteiger partial charge is 0.493 e. The summed E-state index contributed by atoms with van der Waals surface area (Å²) >= 11 is 16.2. The summed E-state index contributed by atoms with van der Waals surface area (Å²) < 4.78 is 12.0. The summed E-state index contributed by atoms with van der Waals surface area (Å²) in [5, 5.41) is 4.58. The summed E-state index contributed by atoms with van der Waals surface area (Å²) in [4.78, 5) is 2.46. The van der Waals surface area contributed by atoms with Crippen LogP contribution >= 0.6 is 39.1 Å². The number of nitrogens with zero attached hydrogens (tertiary/aromatic N) is 1. The first-order valence-corrected chi connectivity index (χ1v) is 10.4. The molecular formula is C20H23BrCl2N2O2. The molecule has 0 radical (unpaired) electrons. The number of hydrogen-bond donors (Lipinski definition) is 1. The van der Waals surface area contributed by atoms with Gasteiger partial charge in [0.25, 0.3) is 0 Å². The van der Waals surface area contributed by atoms with Crippen LogP contribution in [0.15, 0.2) is 34.8 Å². The van der Waals surface area contributed by atoms with Crippen molar-refractivity contribution in [1.82, 2.24) is 10.2 Å². The Hall–Kier alpha value is -0.980. The molecule has 0 bridgehead atoms. The minimum Gasteiger partial charge on any atom is -0.493 e. The average Bonchev–Trinajstić information content (AvgIpc) is 2.95. The molecule has 27 heavy (non-hydrogen) atoms. The molecule has 7 heteroatoms. The third-order valence-corrected chi connectivity index (χ3v) is 6.22. The molecule has 0 amide bonds. The van der Waals surface area contributed by atoms with Crippen molar-refractivity contribution >= 4 is 39.1 Å². The standard InChI is InChI=1S/C20H23BrCl2N2O2/c1-26-18-11-14(15(21)12-19(18)27-2)20(25-8-3-6-24-7-9-25)13-4-5-16(22)17(23)10-13/h4-5,10-12,20,24H,3,6-9H2,1-2H3. The first kappa shape index (κ1) is 20.7. The number of benzene rings is 2. The second kappa shape index (κ2) is 9.48. The zero-order chi connectivity index (χ0) is 19.4. The highest BCUT2D eigenvalue weighted by atomic mass is 79.9. The second-order valence-electron chi connectivity index (χ2n) is 6.44. The van der Waals surface area contributed by atoms with Crippen LogP contribution in [0.4, 0.5) is 0 Å². The second-order valence-corrected chi connectivity index (χ2v) is 8.11. The Morgan fingerprint density at radius 2 is 1.74 bits per heavy atom. The summed E-state index contributed by atoms with van der Waals surface area (Å²) in [6, 6.07) is 9.87. The molecule has 4 nitrogen and oxygen atoms in total. The predicted molar refractivity (Wildman–Crippen MR) is 115 cm³/mol. The molecule has 1 fully saturated rings. The van der Waals surface area contributed by atoms with Crippen molar-refractivity contribution in [2.45, 2.75) is 12.5 Å². The molecule has 0 aromatic heterocycles. The number of rotatable bonds is 5. The molecule has 0 saturated carbocycles. The lowest BCUT2D eigenvalue weighted by Crippen LogP contribution is -2.33. The summed E-state index contributed by atoms with van der Waals surface area (Å²) in [5.41, 5.74) is 2.20. The minimum atomic E-state index is 0.0221. The number of ether oxygens (including phenoxy) is 2. The molecular weight excluding hydrogens is 451 g/mol. The van der Waals surface area contributed by atoms with Gasteiger partial charge in [0.15, 0.2) is 11.5 Å². The predicted octanol–water partition coefficient (Wildman–Crippen LogP) is 5.16. The van der Waals surface area contributed by atoms with E-state index in [9.17, 15) is 0 Å². The normalized spacial score (nSPS) is 16.6. The average molecular weight is 474 g/mol. The molecule has 2 aromatic carbocycles. The van der Waals surface area contributed by atoms with Gasteiger partial charge in [-0.3, -0.25) is 4.90 Å². The topological polar surface area (TPSA) is 33.7 Å². The lowest BCUT2D eigenvalue weighted by atomic mass is 9.96. The lowest BCUT2D eigenvalue weighted by Gasteiger charge is -2.32. The van der Waals surface area contributed by atoms with Gasteiger partial charge in [-0.15, -0.1) is 0 Å². The zero-order valence-corrected chi connectivity index (χ0v) is 18.5. The third kappa shape index (κ3) is 4.72. The minimum absolute atomic E-state index is 0.0221. The Morgan fingerprint density at radius 1 is 1.00 bits per heavy atom. The van der Waals surface area contributed by atoms with E-state index in [-0.39, 0.29) is 6.04 Å². The van der Waals surface area contributed by atoms with Crippen molar-refractivity contribution in [3.05, 3.63) is 56.0 Å². The summed E-state index contributed by atoms with van der Waals surface area (Å²) in [5.74, 6) is 1.40. The highest BCUT2D eigenvalue weighted by molar-refractivity contribution is 9.10. The van der Waals surface area contributed by atoms with Gasteiger partial charge in [0, 0.05) is 24.1 Å². The van der Waals surface area contributed by atoms with Gasteiger partial charge in [0.05, 0.1) is 30.3 Å². The number of hydrogen-bond acceptors (Lipinski definition) is 4. The van der Waals surface area contributed by atoms with Crippen molar-refractivity contribution in [2.24, 2.45) is 0 Å². The molecule has 1 saturated heterocycles. The van der Waals surface area contributed by atoms with Gasteiger partial charge in [0.1, 0.15) is 0 Å². The van der Waals surface area contributed by atoms with Crippen molar-refractivity contribution < 1.29 is 9.47 Å². The van der Waals surface area contributed by atoms with Crippen LogP contribution in [0.3, 0.4) is 0 Å². The van der Waals surface area contributed by atoms with Crippen molar-refractivity contribution in [3.63, 3.8) is 0 Å². The molecule has 1 atom stereocenters. The van der Waals surface area contributed by atoms with Crippen molar-refractivity contribution in [3.8, 4) is 11.5 Å². The molecule has 3 rings (SSSR count). The van der Waals surface area contributed by atoms with Gasteiger partial charge in [-0.1, -0.05) is 45.2 Å². The lowest BCUT2D eigenvalue weighted by molar-refractivity contribution is 0.239. The van der Waals surface area contributed by atoms with E-state index in [2.05, 4.69) is 26.1 Å². The van der Waals surface area contributed by atoms with Gasteiger partial charge < -0.3 is 14.8 Å². The Balaban J connectivity index is 2.12. The SMILES string of the molecule is COc1cc(Br)c(C(c2ccc(Cl)c(Cl)c2)N2CCCNCC2)cc1OC. The number of nitrogens with one attached hydrogen (secondary N) is 1. The van der Waals surface area contributed by atoms with E-state index in [4.69, 9.17) is 32.7 Å². The van der Waals surface area contributed by atoms with E-state index in [1.165, 1.54) is 0 Å². The Bertz CT molecular complexity index is 796. The van der Waals surface area contributed by atoms with Gasteiger partial charge in [0.2, 0.25) is 0 Å².